The molecule has 138 valence electrons. The number of hydrogen-bond acceptors (Lipinski definition) is 3. The number of allylic oxidation sites excluding steroid dienone is 2. The second-order valence-corrected chi connectivity index (χ2v) is 8.19. The molecule has 1 aromatic carbocycles. The highest BCUT2D eigenvalue weighted by Gasteiger charge is 2.60. The fourth-order valence-corrected chi connectivity index (χ4v) is 5.27. The number of hydrogen-bond donors (Lipinski definition) is 0. The van der Waals surface area contributed by atoms with E-state index in [1.807, 2.05) is 42.8 Å². The number of carbonyl (C=O) groups is 2. The maximum atomic E-state index is 13.1. The molecule has 2 amide bonds. The van der Waals surface area contributed by atoms with Crippen LogP contribution >= 0.6 is 11.6 Å². The SMILES string of the molecule is Cc1nn(Cc2ccccc2Cl)c(C)c1N1C(=O)[C@@H]2[C@@H](C1=O)[C@H]1C=C[C@H]2C1. The molecule has 3 aliphatic rings. The maximum absolute atomic E-state index is 13.1. The van der Waals surface area contributed by atoms with Crippen LogP contribution in [0.25, 0.3) is 0 Å². The maximum Gasteiger partial charge on any atom is 0.238 e. The molecule has 5 nitrogen and oxygen atoms in total. The molecular weight excluding hydrogens is 362 g/mol. The van der Waals surface area contributed by atoms with Gasteiger partial charge in [0.25, 0.3) is 0 Å². The number of carbonyl (C=O) groups excluding carboxylic acids is 2. The average Bonchev–Trinajstić information content (AvgIpc) is 3.37. The van der Waals surface area contributed by atoms with Gasteiger partial charge < -0.3 is 0 Å². The van der Waals surface area contributed by atoms with Crippen molar-refractivity contribution >= 4 is 29.1 Å². The van der Waals surface area contributed by atoms with Crippen molar-refractivity contribution in [1.82, 2.24) is 9.78 Å². The highest BCUT2D eigenvalue weighted by atomic mass is 35.5. The lowest BCUT2D eigenvalue weighted by atomic mass is 9.85. The largest absolute Gasteiger partial charge is 0.274 e. The molecule has 2 bridgehead atoms. The summed E-state index contributed by atoms with van der Waals surface area (Å²) in [4.78, 5) is 27.7. The van der Waals surface area contributed by atoms with Gasteiger partial charge in [-0.05, 0) is 43.7 Å². The first-order valence-corrected chi connectivity index (χ1v) is 9.68. The number of imide groups is 1. The predicted octanol–water partition coefficient (Wildman–Crippen LogP) is 3.51. The van der Waals surface area contributed by atoms with Crippen LogP contribution in [0.1, 0.15) is 23.4 Å². The van der Waals surface area contributed by atoms with Gasteiger partial charge in [0.2, 0.25) is 11.8 Å². The van der Waals surface area contributed by atoms with E-state index in [0.29, 0.717) is 22.9 Å². The number of amides is 2. The minimum absolute atomic E-state index is 0.0645. The van der Waals surface area contributed by atoms with Gasteiger partial charge in [-0.3, -0.25) is 14.3 Å². The third-order valence-corrected chi connectivity index (χ3v) is 6.68. The summed E-state index contributed by atoms with van der Waals surface area (Å²) in [6.45, 7) is 4.27. The number of anilines is 1. The second kappa shape index (κ2) is 5.80. The number of aromatic nitrogens is 2. The molecule has 0 unspecified atom stereocenters. The average molecular weight is 382 g/mol. The highest BCUT2D eigenvalue weighted by Crippen LogP contribution is 2.53. The molecule has 27 heavy (non-hydrogen) atoms. The number of nitrogens with zero attached hydrogens (tertiary/aromatic N) is 3. The van der Waals surface area contributed by atoms with E-state index in [2.05, 4.69) is 17.3 Å². The lowest BCUT2D eigenvalue weighted by Gasteiger charge is -2.18. The molecule has 1 saturated heterocycles. The monoisotopic (exact) mass is 381 g/mol. The van der Waals surface area contributed by atoms with Crippen LogP contribution < -0.4 is 4.90 Å². The molecule has 2 aromatic rings. The quantitative estimate of drug-likeness (QED) is 0.604. The van der Waals surface area contributed by atoms with E-state index < -0.39 is 0 Å². The van der Waals surface area contributed by atoms with Crippen LogP contribution in [-0.2, 0) is 16.1 Å². The van der Waals surface area contributed by atoms with Gasteiger partial charge in [-0.2, -0.15) is 5.10 Å². The molecule has 1 saturated carbocycles. The van der Waals surface area contributed by atoms with Gasteiger partial charge in [0.15, 0.2) is 0 Å². The molecular formula is C21H20ClN3O2. The van der Waals surface area contributed by atoms with Gasteiger partial charge >= 0.3 is 0 Å². The molecule has 2 heterocycles. The summed E-state index contributed by atoms with van der Waals surface area (Å²) in [5, 5.41) is 5.28. The Hall–Kier alpha value is -2.40. The first-order valence-electron chi connectivity index (χ1n) is 9.31. The Labute approximate surface area is 162 Å². The van der Waals surface area contributed by atoms with Crippen LogP contribution in [0.3, 0.4) is 0 Å². The zero-order valence-corrected chi connectivity index (χ0v) is 16.0. The fourth-order valence-electron chi connectivity index (χ4n) is 5.08. The van der Waals surface area contributed by atoms with Crippen molar-refractivity contribution in [1.29, 1.82) is 0 Å². The topological polar surface area (TPSA) is 55.2 Å². The summed E-state index contributed by atoms with van der Waals surface area (Å²) in [5.41, 5.74) is 3.11. The van der Waals surface area contributed by atoms with E-state index in [1.165, 1.54) is 4.90 Å². The Balaban J connectivity index is 1.52. The molecule has 1 aliphatic heterocycles. The molecule has 4 atom stereocenters. The number of aryl methyl sites for hydroxylation is 1. The fraction of sp³-hybridized carbons (Fsp3) is 0.381. The Kier molecular flexibility index (Phi) is 3.60. The van der Waals surface area contributed by atoms with Gasteiger partial charge in [0.05, 0.1) is 35.5 Å². The molecule has 2 fully saturated rings. The number of fused-ring (bicyclic) bond motifs is 5. The third kappa shape index (κ3) is 2.27. The molecule has 0 radical (unpaired) electrons. The smallest absolute Gasteiger partial charge is 0.238 e. The summed E-state index contributed by atoms with van der Waals surface area (Å²) in [6, 6.07) is 7.63. The van der Waals surface area contributed by atoms with Crippen LogP contribution in [-0.4, -0.2) is 21.6 Å². The van der Waals surface area contributed by atoms with Crippen molar-refractivity contribution in [2.24, 2.45) is 23.7 Å². The van der Waals surface area contributed by atoms with Crippen molar-refractivity contribution < 1.29 is 9.59 Å². The number of halogens is 1. The van der Waals surface area contributed by atoms with Crippen LogP contribution in [0.2, 0.25) is 5.02 Å². The van der Waals surface area contributed by atoms with Gasteiger partial charge in [0, 0.05) is 5.02 Å². The minimum atomic E-state index is -0.196. The molecule has 2 aliphatic carbocycles. The zero-order chi connectivity index (χ0) is 18.9. The standard InChI is InChI=1S/C21H20ClN3O2/c1-11-19(12(2)24(23-11)10-15-5-3-4-6-16(15)22)25-20(26)17-13-7-8-14(9-13)18(17)21(25)27/h3-8,13-14,17-18H,9-10H2,1-2H3/t13-,14-,17-,18-/m0/s1. The normalized spacial score (nSPS) is 28.5. The Bertz CT molecular complexity index is 979. The first kappa shape index (κ1) is 16.8. The van der Waals surface area contributed by atoms with Crippen molar-refractivity contribution in [3.63, 3.8) is 0 Å². The first-order chi connectivity index (χ1) is 13.0. The van der Waals surface area contributed by atoms with Crippen molar-refractivity contribution in [2.75, 3.05) is 4.90 Å². The van der Waals surface area contributed by atoms with Gasteiger partial charge in [0.1, 0.15) is 0 Å². The Morgan fingerprint density at radius 2 is 1.70 bits per heavy atom. The number of benzene rings is 1. The van der Waals surface area contributed by atoms with Crippen LogP contribution in [0, 0.1) is 37.5 Å². The van der Waals surface area contributed by atoms with E-state index >= 15 is 0 Å². The van der Waals surface area contributed by atoms with E-state index in [-0.39, 0.29) is 35.5 Å². The summed E-state index contributed by atoms with van der Waals surface area (Å²) < 4.78 is 1.83. The lowest BCUT2D eigenvalue weighted by molar-refractivity contribution is -0.123. The molecule has 5 rings (SSSR count). The molecule has 0 N–H and O–H groups in total. The van der Waals surface area contributed by atoms with Gasteiger partial charge in [-0.25, -0.2) is 4.90 Å². The number of rotatable bonds is 3. The molecule has 0 spiro atoms. The van der Waals surface area contributed by atoms with Crippen LogP contribution in [0.15, 0.2) is 36.4 Å². The van der Waals surface area contributed by atoms with Gasteiger partial charge in [-0.15, -0.1) is 0 Å². The predicted molar refractivity (Wildman–Crippen MR) is 102 cm³/mol. The molecule has 6 heteroatoms. The highest BCUT2D eigenvalue weighted by molar-refractivity contribution is 6.31. The van der Waals surface area contributed by atoms with E-state index in [4.69, 9.17) is 11.6 Å². The Morgan fingerprint density at radius 3 is 2.33 bits per heavy atom. The molecule has 1 aromatic heterocycles. The summed E-state index contributed by atoms with van der Waals surface area (Å²) in [7, 11) is 0. The van der Waals surface area contributed by atoms with E-state index in [0.717, 1.165) is 17.7 Å². The Morgan fingerprint density at radius 1 is 1.07 bits per heavy atom. The van der Waals surface area contributed by atoms with E-state index in [9.17, 15) is 9.59 Å². The van der Waals surface area contributed by atoms with Crippen molar-refractivity contribution in [3.8, 4) is 0 Å². The van der Waals surface area contributed by atoms with Gasteiger partial charge in [-0.1, -0.05) is 42.0 Å². The zero-order valence-electron chi connectivity index (χ0n) is 15.2. The van der Waals surface area contributed by atoms with Crippen molar-refractivity contribution in [2.45, 2.75) is 26.8 Å². The summed E-state index contributed by atoms with van der Waals surface area (Å²) >= 11 is 6.28. The van der Waals surface area contributed by atoms with E-state index in [1.54, 1.807) is 0 Å². The third-order valence-electron chi connectivity index (χ3n) is 6.32. The van der Waals surface area contributed by atoms with Crippen molar-refractivity contribution in [3.05, 3.63) is 58.4 Å². The van der Waals surface area contributed by atoms with Crippen LogP contribution in [0.4, 0.5) is 5.69 Å². The lowest BCUT2D eigenvalue weighted by Crippen LogP contribution is -2.33. The summed E-state index contributed by atoms with van der Waals surface area (Å²) in [6.07, 6.45) is 5.16. The van der Waals surface area contributed by atoms with Crippen LogP contribution in [0.5, 0.6) is 0 Å². The second-order valence-electron chi connectivity index (χ2n) is 7.78. The minimum Gasteiger partial charge on any atom is -0.274 e. The summed E-state index contributed by atoms with van der Waals surface area (Å²) in [5.74, 6) is -0.104.